The van der Waals surface area contributed by atoms with Crippen molar-refractivity contribution < 1.29 is 0 Å². The van der Waals surface area contributed by atoms with Crippen LogP contribution in [0.15, 0.2) is 44.8 Å². The fourth-order valence-electron chi connectivity index (χ4n) is 1.83. The summed E-state index contributed by atoms with van der Waals surface area (Å²) >= 11 is 6.51. The van der Waals surface area contributed by atoms with E-state index in [9.17, 15) is 4.79 Å². The minimum atomic E-state index is -0.0577. The Bertz CT molecular complexity index is 808. The average molecular weight is 367 g/mol. The lowest BCUT2D eigenvalue weighted by Gasteiger charge is -2.01. The number of H-pyrrole nitrogens is 1. The van der Waals surface area contributed by atoms with Crippen LogP contribution in [0.2, 0.25) is 0 Å². The molecule has 2 aromatic heterocycles. The van der Waals surface area contributed by atoms with Crippen molar-refractivity contribution in [3.05, 3.63) is 55.6 Å². The summed E-state index contributed by atoms with van der Waals surface area (Å²) in [5.74, 6) is 0.784. The van der Waals surface area contributed by atoms with E-state index in [1.165, 1.54) is 5.56 Å². The molecule has 3 nitrogen and oxygen atoms in total. The molecule has 0 atom stereocenters. The second kappa shape index (κ2) is 5.71. The van der Waals surface area contributed by atoms with Crippen LogP contribution in [0.4, 0.5) is 0 Å². The summed E-state index contributed by atoms with van der Waals surface area (Å²) in [6.45, 7) is 1.99. The maximum absolute atomic E-state index is 12.0. The van der Waals surface area contributed by atoms with Crippen molar-refractivity contribution in [3.63, 3.8) is 0 Å². The molecule has 102 valence electrons. The fourth-order valence-corrected chi connectivity index (χ4v) is 3.85. The van der Waals surface area contributed by atoms with Gasteiger partial charge in [0.25, 0.3) is 5.56 Å². The van der Waals surface area contributed by atoms with Crippen molar-refractivity contribution in [1.82, 2.24) is 9.97 Å². The molecule has 0 radical (unpaired) electrons. The van der Waals surface area contributed by atoms with E-state index in [1.54, 1.807) is 23.1 Å². The Labute approximate surface area is 132 Å². The van der Waals surface area contributed by atoms with Gasteiger partial charge in [-0.1, -0.05) is 39.8 Å². The van der Waals surface area contributed by atoms with E-state index >= 15 is 0 Å². The molecular formula is C14H11BrN2OS2. The standard InChI is InChI=1S/C14H11BrN2OS2/c1-8-6-11-12(18)16-14(17-13(11)20-8)19-7-9-2-4-10(15)5-3-9/h2-6H,7H2,1H3,(H,16,17,18). The number of halogens is 1. The van der Waals surface area contributed by atoms with Crippen LogP contribution < -0.4 is 5.56 Å². The number of thiophene rings is 1. The molecule has 3 rings (SSSR count). The van der Waals surface area contributed by atoms with Gasteiger partial charge in [0.05, 0.1) is 5.39 Å². The van der Waals surface area contributed by atoms with E-state index < -0.39 is 0 Å². The number of hydrogen-bond donors (Lipinski definition) is 1. The SMILES string of the molecule is Cc1cc2c(=O)[nH]c(SCc3ccc(Br)cc3)nc2s1. The van der Waals surface area contributed by atoms with Crippen molar-refractivity contribution in [1.29, 1.82) is 0 Å². The summed E-state index contributed by atoms with van der Waals surface area (Å²) in [5.41, 5.74) is 1.14. The topological polar surface area (TPSA) is 45.8 Å². The number of thioether (sulfide) groups is 1. The van der Waals surface area contributed by atoms with Crippen LogP contribution in [0, 0.1) is 6.92 Å². The molecule has 0 bridgehead atoms. The summed E-state index contributed by atoms with van der Waals surface area (Å²) in [5, 5.41) is 1.35. The Morgan fingerprint density at radius 2 is 2.10 bits per heavy atom. The van der Waals surface area contributed by atoms with Gasteiger partial charge in [0.15, 0.2) is 5.16 Å². The Hall–Kier alpha value is -1.11. The van der Waals surface area contributed by atoms with Gasteiger partial charge in [-0.05, 0) is 30.7 Å². The number of nitrogens with zero attached hydrogens (tertiary/aromatic N) is 1. The second-order valence-electron chi connectivity index (χ2n) is 4.36. The van der Waals surface area contributed by atoms with Gasteiger partial charge < -0.3 is 4.98 Å². The largest absolute Gasteiger partial charge is 0.301 e. The van der Waals surface area contributed by atoms with Crippen LogP contribution in [-0.2, 0) is 5.75 Å². The molecule has 0 spiro atoms. The highest BCUT2D eigenvalue weighted by Crippen LogP contribution is 2.24. The quantitative estimate of drug-likeness (QED) is 0.553. The Balaban J connectivity index is 1.84. The van der Waals surface area contributed by atoms with Crippen LogP contribution in [-0.4, -0.2) is 9.97 Å². The second-order valence-corrected chi connectivity index (χ2v) is 7.48. The molecule has 0 saturated heterocycles. The predicted molar refractivity (Wildman–Crippen MR) is 88.7 cm³/mol. The fraction of sp³-hybridized carbons (Fsp3) is 0.143. The van der Waals surface area contributed by atoms with Gasteiger partial charge in [-0.3, -0.25) is 4.79 Å². The number of aryl methyl sites for hydroxylation is 1. The van der Waals surface area contributed by atoms with Crippen molar-refractivity contribution in [2.24, 2.45) is 0 Å². The van der Waals surface area contributed by atoms with E-state index in [1.807, 2.05) is 25.1 Å². The first-order valence-electron chi connectivity index (χ1n) is 5.99. The van der Waals surface area contributed by atoms with E-state index in [0.717, 1.165) is 19.9 Å². The lowest BCUT2D eigenvalue weighted by atomic mass is 10.2. The monoisotopic (exact) mass is 366 g/mol. The highest BCUT2D eigenvalue weighted by atomic mass is 79.9. The van der Waals surface area contributed by atoms with Gasteiger partial charge in [-0.25, -0.2) is 4.98 Å². The van der Waals surface area contributed by atoms with Crippen molar-refractivity contribution in [3.8, 4) is 0 Å². The molecule has 0 unspecified atom stereocenters. The number of aromatic amines is 1. The number of benzene rings is 1. The molecule has 3 aromatic rings. The van der Waals surface area contributed by atoms with Gasteiger partial charge >= 0.3 is 0 Å². The Morgan fingerprint density at radius 1 is 1.35 bits per heavy atom. The Kier molecular flexibility index (Phi) is 3.96. The molecule has 0 aliphatic carbocycles. The summed E-state index contributed by atoms with van der Waals surface area (Å²) in [6.07, 6.45) is 0. The van der Waals surface area contributed by atoms with Gasteiger partial charge in [-0.2, -0.15) is 0 Å². The Morgan fingerprint density at radius 3 is 2.85 bits per heavy atom. The van der Waals surface area contributed by atoms with E-state index in [0.29, 0.717) is 10.5 Å². The summed E-state index contributed by atoms with van der Waals surface area (Å²) in [4.78, 5) is 21.2. The molecule has 2 heterocycles. The van der Waals surface area contributed by atoms with Crippen LogP contribution in [0.3, 0.4) is 0 Å². The third kappa shape index (κ3) is 2.97. The molecule has 1 N–H and O–H groups in total. The first-order chi connectivity index (χ1) is 9.61. The van der Waals surface area contributed by atoms with Gasteiger partial charge in [-0.15, -0.1) is 11.3 Å². The van der Waals surface area contributed by atoms with Crippen molar-refractivity contribution in [2.75, 3.05) is 0 Å². The van der Waals surface area contributed by atoms with Crippen molar-refractivity contribution in [2.45, 2.75) is 17.8 Å². The van der Waals surface area contributed by atoms with Crippen LogP contribution >= 0.6 is 39.0 Å². The molecule has 0 amide bonds. The maximum Gasteiger partial charge on any atom is 0.260 e. The minimum absolute atomic E-state index is 0.0577. The molecule has 0 fully saturated rings. The van der Waals surface area contributed by atoms with E-state index in [2.05, 4.69) is 38.0 Å². The number of hydrogen-bond acceptors (Lipinski definition) is 4. The molecule has 0 saturated carbocycles. The molecular weight excluding hydrogens is 356 g/mol. The molecule has 6 heteroatoms. The third-order valence-corrected chi connectivity index (χ3v) is 5.21. The first-order valence-corrected chi connectivity index (χ1v) is 8.59. The van der Waals surface area contributed by atoms with Gasteiger partial charge in [0, 0.05) is 15.1 Å². The molecule has 0 aliphatic heterocycles. The first kappa shape index (κ1) is 13.9. The highest BCUT2D eigenvalue weighted by molar-refractivity contribution is 9.10. The smallest absolute Gasteiger partial charge is 0.260 e. The zero-order valence-corrected chi connectivity index (χ0v) is 13.9. The number of aromatic nitrogens is 2. The lowest BCUT2D eigenvalue weighted by molar-refractivity contribution is 0.979. The van der Waals surface area contributed by atoms with E-state index in [-0.39, 0.29) is 5.56 Å². The summed E-state index contributed by atoms with van der Waals surface area (Å²) < 4.78 is 1.06. The zero-order valence-electron chi connectivity index (χ0n) is 10.6. The summed E-state index contributed by atoms with van der Waals surface area (Å²) in [6, 6.07) is 10.0. The van der Waals surface area contributed by atoms with Crippen LogP contribution in [0.25, 0.3) is 10.2 Å². The van der Waals surface area contributed by atoms with Gasteiger partial charge in [0.2, 0.25) is 0 Å². The average Bonchev–Trinajstić information content (AvgIpc) is 2.79. The maximum atomic E-state index is 12.0. The zero-order chi connectivity index (χ0) is 14.1. The number of rotatable bonds is 3. The van der Waals surface area contributed by atoms with Crippen molar-refractivity contribution >= 4 is 49.2 Å². The van der Waals surface area contributed by atoms with Crippen LogP contribution in [0.1, 0.15) is 10.4 Å². The predicted octanol–water partition coefficient (Wildman–Crippen LogP) is 4.35. The molecule has 20 heavy (non-hydrogen) atoms. The number of fused-ring (bicyclic) bond motifs is 1. The normalized spacial score (nSPS) is 11.1. The van der Waals surface area contributed by atoms with Gasteiger partial charge in [0.1, 0.15) is 4.83 Å². The molecule has 1 aromatic carbocycles. The molecule has 0 aliphatic rings. The third-order valence-electron chi connectivity index (χ3n) is 2.79. The lowest BCUT2D eigenvalue weighted by Crippen LogP contribution is -2.07. The minimum Gasteiger partial charge on any atom is -0.301 e. The van der Waals surface area contributed by atoms with E-state index in [4.69, 9.17) is 0 Å². The van der Waals surface area contributed by atoms with Crippen LogP contribution in [0.5, 0.6) is 0 Å². The summed E-state index contributed by atoms with van der Waals surface area (Å²) in [7, 11) is 0. The number of nitrogens with one attached hydrogen (secondary N) is 1. The highest BCUT2D eigenvalue weighted by Gasteiger charge is 2.07.